The average molecular weight is 431 g/mol. The number of hydrogen-bond acceptors (Lipinski definition) is 6. The van der Waals surface area contributed by atoms with E-state index < -0.39 is 5.85 Å². The minimum absolute atomic E-state index is 0. The van der Waals surface area contributed by atoms with Crippen LogP contribution in [0.1, 0.15) is 37.7 Å². The molecule has 160 valence electrons. The van der Waals surface area contributed by atoms with Crippen LogP contribution in [0.15, 0.2) is 53.3 Å². The average Bonchev–Trinajstić information content (AvgIpc) is 2.79. The lowest BCUT2D eigenvalue weighted by Gasteiger charge is -2.42. The fraction of sp³-hybridized carbons (Fsp3) is 0.409. The maximum atomic E-state index is 13.0. The van der Waals surface area contributed by atoms with E-state index >= 15 is 0 Å². The Morgan fingerprint density at radius 2 is 1.80 bits per heavy atom. The normalized spacial score (nSPS) is 17.3. The SMILES string of the molecule is CCC(O)(N1CCC(c2ccccc2OC)CC1)n1nnc2ccccc2c1=O.Cl. The third kappa shape index (κ3) is 3.80. The smallest absolute Gasteiger partial charge is 0.281 e. The molecule has 0 amide bonds. The van der Waals surface area contributed by atoms with Gasteiger partial charge in [0.05, 0.1) is 12.5 Å². The molecule has 1 fully saturated rings. The lowest BCUT2D eigenvalue weighted by molar-refractivity contribution is -0.196. The number of methoxy groups -OCH3 is 1. The number of rotatable bonds is 5. The Morgan fingerprint density at radius 3 is 2.50 bits per heavy atom. The van der Waals surface area contributed by atoms with Crippen molar-refractivity contribution < 1.29 is 9.84 Å². The van der Waals surface area contributed by atoms with Crippen LogP contribution in [0.3, 0.4) is 0 Å². The first-order valence-electron chi connectivity index (χ1n) is 10.0. The van der Waals surface area contributed by atoms with Crippen LogP contribution < -0.4 is 10.3 Å². The van der Waals surface area contributed by atoms with Crippen molar-refractivity contribution in [3.63, 3.8) is 0 Å². The van der Waals surface area contributed by atoms with Crippen LogP contribution in [0.2, 0.25) is 0 Å². The van der Waals surface area contributed by atoms with E-state index in [1.165, 1.54) is 5.56 Å². The second-order valence-corrected chi connectivity index (χ2v) is 7.45. The molecule has 0 spiro atoms. The van der Waals surface area contributed by atoms with Crippen molar-refractivity contribution in [3.05, 3.63) is 64.4 Å². The van der Waals surface area contributed by atoms with E-state index in [-0.39, 0.29) is 18.0 Å². The minimum atomic E-state index is -1.50. The zero-order valence-corrected chi connectivity index (χ0v) is 18.0. The molecule has 0 aliphatic carbocycles. The van der Waals surface area contributed by atoms with Gasteiger partial charge in [0.1, 0.15) is 11.3 Å². The zero-order chi connectivity index (χ0) is 20.4. The highest BCUT2D eigenvalue weighted by molar-refractivity contribution is 5.85. The topological polar surface area (TPSA) is 80.5 Å². The molecule has 2 heterocycles. The lowest BCUT2D eigenvalue weighted by atomic mass is 9.88. The predicted molar refractivity (Wildman–Crippen MR) is 118 cm³/mol. The Kier molecular flexibility index (Phi) is 6.75. The summed E-state index contributed by atoms with van der Waals surface area (Å²) >= 11 is 0. The number of aliphatic hydroxyl groups is 1. The Balaban J connectivity index is 0.00000256. The van der Waals surface area contributed by atoms with Gasteiger partial charge in [-0.2, -0.15) is 4.68 Å². The number of benzene rings is 2. The molecule has 1 aromatic heterocycles. The number of piperidine rings is 1. The third-order valence-corrected chi connectivity index (χ3v) is 5.96. The van der Waals surface area contributed by atoms with Gasteiger partial charge < -0.3 is 9.84 Å². The second-order valence-electron chi connectivity index (χ2n) is 7.45. The molecule has 1 saturated heterocycles. The summed E-state index contributed by atoms with van der Waals surface area (Å²) in [6.07, 6.45) is 2.05. The highest BCUT2D eigenvalue weighted by atomic mass is 35.5. The quantitative estimate of drug-likeness (QED) is 0.669. The number of aromatic nitrogens is 3. The van der Waals surface area contributed by atoms with Crippen LogP contribution in [-0.4, -0.2) is 45.2 Å². The summed E-state index contributed by atoms with van der Waals surface area (Å²) in [5.74, 6) is -0.254. The molecule has 0 radical (unpaired) electrons. The molecule has 0 saturated carbocycles. The van der Waals surface area contributed by atoms with E-state index in [0.717, 1.165) is 23.3 Å². The van der Waals surface area contributed by atoms with Gasteiger partial charge in [-0.05, 0) is 42.5 Å². The maximum Gasteiger partial charge on any atom is 0.281 e. The second kappa shape index (κ2) is 9.12. The van der Waals surface area contributed by atoms with Gasteiger partial charge in [0.2, 0.25) is 5.85 Å². The Labute approximate surface area is 181 Å². The Morgan fingerprint density at radius 1 is 1.13 bits per heavy atom. The van der Waals surface area contributed by atoms with E-state index in [9.17, 15) is 9.90 Å². The maximum absolute atomic E-state index is 13.0. The van der Waals surface area contributed by atoms with Gasteiger partial charge in [-0.15, -0.1) is 17.5 Å². The van der Waals surface area contributed by atoms with Crippen molar-refractivity contribution in [1.82, 2.24) is 19.9 Å². The molecule has 4 rings (SSSR count). The number of para-hydroxylation sites is 1. The summed E-state index contributed by atoms with van der Waals surface area (Å²) in [5.41, 5.74) is 1.39. The number of fused-ring (bicyclic) bond motifs is 1. The Bertz CT molecular complexity index is 1070. The largest absolute Gasteiger partial charge is 0.496 e. The first-order chi connectivity index (χ1) is 14.1. The highest BCUT2D eigenvalue weighted by Gasteiger charge is 2.40. The minimum Gasteiger partial charge on any atom is -0.496 e. The zero-order valence-electron chi connectivity index (χ0n) is 17.2. The summed E-state index contributed by atoms with van der Waals surface area (Å²) in [6, 6.07) is 15.1. The molecule has 7 nitrogen and oxygen atoms in total. The first kappa shape index (κ1) is 22.2. The highest BCUT2D eigenvalue weighted by Crippen LogP contribution is 2.36. The molecule has 3 aromatic rings. The molecular formula is C22H27ClN4O3. The van der Waals surface area contributed by atoms with Gasteiger partial charge in [-0.3, -0.25) is 9.69 Å². The van der Waals surface area contributed by atoms with Gasteiger partial charge in [0.15, 0.2) is 0 Å². The predicted octanol–water partition coefficient (Wildman–Crippen LogP) is 3.11. The number of hydrogen-bond donors (Lipinski definition) is 1. The van der Waals surface area contributed by atoms with Gasteiger partial charge >= 0.3 is 0 Å². The van der Waals surface area contributed by atoms with E-state index in [0.29, 0.717) is 36.3 Å². The van der Waals surface area contributed by atoms with Crippen molar-refractivity contribution >= 4 is 23.3 Å². The number of halogens is 1. The molecule has 1 aliphatic heterocycles. The molecule has 1 atom stereocenters. The Hall–Kier alpha value is -2.48. The molecule has 0 bridgehead atoms. The summed E-state index contributed by atoms with van der Waals surface area (Å²) in [5, 5.41) is 20.1. The lowest BCUT2D eigenvalue weighted by Crippen LogP contribution is -2.57. The standard InChI is InChI=1S/C22H26N4O3.ClH/c1-3-22(28,26-21(27)18-9-4-6-10-19(18)23-24-26)25-14-12-16(13-15-25)17-8-5-7-11-20(17)29-2;/h4-11,16,28H,3,12-15H2,1-2H3;1H. The van der Waals surface area contributed by atoms with Crippen LogP contribution in [0.25, 0.3) is 10.9 Å². The van der Waals surface area contributed by atoms with Crippen molar-refractivity contribution in [1.29, 1.82) is 0 Å². The molecule has 1 aliphatic rings. The van der Waals surface area contributed by atoms with Crippen LogP contribution in [0.4, 0.5) is 0 Å². The van der Waals surface area contributed by atoms with Gasteiger partial charge in [-0.25, -0.2) is 0 Å². The monoisotopic (exact) mass is 430 g/mol. The van der Waals surface area contributed by atoms with Crippen LogP contribution >= 0.6 is 12.4 Å². The van der Waals surface area contributed by atoms with E-state index in [1.54, 1.807) is 25.3 Å². The van der Waals surface area contributed by atoms with Gasteiger partial charge in [0.25, 0.3) is 5.56 Å². The summed E-state index contributed by atoms with van der Waals surface area (Å²) in [7, 11) is 1.69. The van der Waals surface area contributed by atoms with Gasteiger partial charge in [0, 0.05) is 19.5 Å². The third-order valence-electron chi connectivity index (χ3n) is 5.96. The molecule has 8 heteroatoms. The molecule has 1 N–H and O–H groups in total. The van der Waals surface area contributed by atoms with Crippen molar-refractivity contribution in [3.8, 4) is 5.75 Å². The number of nitrogens with zero attached hydrogens (tertiary/aromatic N) is 4. The van der Waals surface area contributed by atoms with E-state index in [2.05, 4.69) is 16.4 Å². The van der Waals surface area contributed by atoms with Crippen molar-refractivity contribution in [2.75, 3.05) is 20.2 Å². The molecule has 2 aromatic carbocycles. The van der Waals surface area contributed by atoms with Crippen LogP contribution in [0, 0.1) is 0 Å². The molecule has 1 unspecified atom stereocenters. The molecule has 30 heavy (non-hydrogen) atoms. The molecular weight excluding hydrogens is 404 g/mol. The van der Waals surface area contributed by atoms with E-state index in [1.807, 2.05) is 36.1 Å². The van der Waals surface area contributed by atoms with Crippen LogP contribution in [-0.2, 0) is 5.85 Å². The summed E-state index contributed by atoms with van der Waals surface area (Å²) < 4.78 is 6.65. The van der Waals surface area contributed by atoms with Gasteiger partial charge in [-0.1, -0.05) is 42.5 Å². The fourth-order valence-electron chi connectivity index (χ4n) is 4.28. The number of ether oxygens (including phenoxy) is 1. The first-order valence-corrected chi connectivity index (χ1v) is 10.0. The fourth-order valence-corrected chi connectivity index (χ4v) is 4.28. The van der Waals surface area contributed by atoms with E-state index in [4.69, 9.17) is 4.74 Å². The summed E-state index contributed by atoms with van der Waals surface area (Å²) in [6.45, 7) is 3.15. The number of likely N-dealkylation sites (tertiary alicyclic amines) is 1. The van der Waals surface area contributed by atoms with Crippen molar-refractivity contribution in [2.45, 2.75) is 38.0 Å². The van der Waals surface area contributed by atoms with Crippen LogP contribution in [0.5, 0.6) is 5.75 Å². The summed E-state index contributed by atoms with van der Waals surface area (Å²) in [4.78, 5) is 14.9. The van der Waals surface area contributed by atoms with Crippen molar-refractivity contribution in [2.24, 2.45) is 0 Å².